The van der Waals surface area contributed by atoms with Gasteiger partial charge in [-0.1, -0.05) is 6.07 Å². The van der Waals surface area contributed by atoms with Crippen LogP contribution in [0.3, 0.4) is 0 Å². The lowest BCUT2D eigenvalue weighted by molar-refractivity contribution is -0.142. The molecule has 1 aromatic heterocycles. The van der Waals surface area contributed by atoms with E-state index in [1.54, 1.807) is 38.2 Å². The number of carboxylic acid groups (broad SMARTS) is 1. The second kappa shape index (κ2) is 5.98. The van der Waals surface area contributed by atoms with Crippen molar-refractivity contribution in [3.63, 3.8) is 0 Å². The predicted octanol–water partition coefficient (Wildman–Crippen LogP) is 0.849. The Balaban J connectivity index is 2.48. The molecule has 5 heteroatoms. The summed E-state index contributed by atoms with van der Waals surface area (Å²) in [5.41, 5.74) is 0.667. The highest BCUT2D eigenvalue weighted by atomic mass is 16.4. The van der Waals surface area contributed by atoms with E-state index in [4.69, 9.17) is 5.11 Å². The van der Waals surface area contributed by atoms with Crippen LogP contribution in [0.2, 0.25) is 0 Å². The minimum atomic E-state index is -0.921. The van der Waals surface area contributed by atoms with Crippen LogP contribution in [0.4, 0.5) is 0 Å². The largest absolute Gasteiger partial charge is 0.481 e. The number of aromatic nitrogens is 1. The number of hydrogen-bond donors (Lipinski definition) is 2. The molecule has 0 saturated heterocycles. The Morgan fingerprint density at radius 1 is 1.41 bits per heavy atom. The lowest BCUT2D eigenvalue weighted by atomic mass is 10.0. The molecule has 92 valence electrons. The van der Waals surface area contributed by atoms with Gasteiger partial charge in [-0.2, -0.15) is 0 Å². The number of hydrogen-bond acceptors (Lipinski definition) is 3. The Morgan fingerprint density at radius 3 is 2.65 bits per heavy atom. The summed E-state index contributed by atoms with van der Waals surface area (Å²) in [6, 6.07) is 4.93. The maximum absolute atomic E-state index is 11.6. The molecule has 0 aliphatic rings. The van der Waals surface area contributed by atoms with E-state index in [2.05, 4.69) is 10.3 Å². The van der Waals surface area contributed by atoms with E-state index < -0.39 is 17.9 Å². The molecule has 0 aliphatic heterocycles. The molecular weight excluding hydrogens is 220 g/mol. The fourth-order valence-electron chi connectivity index (χ4n) is 1.31. The number of carbonyl (C=O) groups is 2. The molecule has 0 saturated carbocycles. The van der Waals surface area contributed by atoms with Crippen LogP contribution in [0.15, 0.2) is 24.4 Å². The molecular formula is C12H16N2O3. The first kappa shape index (κ1) is 13.2. The first-order valence-corrected chi connectivity index (χ1v) is 5.42. The normalized spacial score (nSPS) is 13.8. The van der Waals surface area contributed by atoms with Crippen LogP contribution >= 0.6 is 0 Å². The molecule has 0 radical (unpaired) electrons. The number of nitrogens with zero attached hydrogens (tertiary/aromatic N) is 1. The predicted molar refractivity (Wildman–Crippen MR) is 62.3 cm³/mol. The summed E-state index contributed by atoms with van der Waals surface area (Å²) in [6.07, 6.45) is 1.78. The van der Waals surface area contributed by atoms with E-state index in [0.717, 1.165) is 0 Å². The number of rotatable bonds is 5. The average Bonchev–Trinajstić information content (AvgIpc) is 2.28. The first-order chi connectivity index (χ1) is 8.00. The topological polar surface area (TPSA) is 79.3 Å². The number of pyridine rings is 1. The Hall–Kier alpha value is -1.91. The van der Waals surface area contributed by atoms with Gasteiger partial charge in [-0.15, -0.1) is 0 Å². The van der Waals surface area contributed by atoms with Gasteiger partial charge in [-0.25, -0.2) is 0 Å². The second-order valence-corrected chi connectivity index (χ2v) is 3.98. The van der Waals surface area contributed by atoms with Gasteiger partial charge in [0, 0.05) is 17.9 Å². The van der Waals surface area contributed by atoms with E-state index >= 15 is 0 Å². The maximum atomic E-state index is 11.6. The third kappa shape index (κ3) is 4.22. The van der Waals surface area contributed by atoms with Gasteiger partial charge < -0.3 is 10.4 Å². The average molecular weight is 236 g/mol. The highest BCUT2D eigenvalue weighted by Crippen LogP contribution is 2.03. The molecule has 1 amide bonds. The summed E-state index contributed by atoms with van der Waals surface area (Å²) in [5, 5.41) is 11.4. The van der Waals surface area contributed by atoms with Crippen molar-refractivity contribution in [1.82, 2.24) is 10.3 Å². The van der Waals surface area contributed by atoms with Crippen molar-refractivity contribution in [1.29, 1.82) is 0 Å². The summed E-state index contributed by atoms with van der Waals surface area (Å²) in [7, 11) is 0. The van der Waals surface area contributed by atoms with Crippen LogP contribution in [0.5, 0.6) is 0 Å². The van der Waals surface area contributed by atoms with Crippen molar-refractivity contribution in [3.05, 3.63) is 30.1 Å². The molecule has 0 fully saturated rings. The summed E-state index contributed by atoms with van der Waals surface area (Å²) >= 11 is 0. The van der Waals surface area contributed by atoms with Gasteiger partial charge in [0.1, 0.15) is 0 Å². The van der Waals surface area contributed by atoms with Crippen LogP contribution in [-0.2, 0) is 16.0 Å². The first-order valence-electron chi connectivity index (χ1n) is 5.42. The van der Waals surface area contributed by atoms with Crippen LogP contribution in [-0.4, -0.2) is 28.0 Å². The molecule has 1 rings (SSSR count). The van der Waals surface area contributed by atoms with Crippen LogP contribution in [0.25, 0.3) is 0 Å². The molecule has 0 aromatic carbocycles. The Labute approximate surface area is 99.9 Å². The highest BCUT2D eigenvalue weighted by Gasteiger charge is 2.20. The fourth-order valence-corrected chi connectivity index (χ4v) is 1.31. The van der Waals surface area contributed by atoms with Gasteiger partial charge in [-0.3, -0.25) is 14.6 Å². The number of nitrogens with one attached hydrogen (secondary N) is 1. The Morgan fingerprint density at radius 2 is 2.12 bits per heavy atom. The fraction of sp³-hybridized carbons (Fsp3) is 0.417. The van der Waals surface area contributed by atoms with Gasteiger partial charge in [0.25, 0.3) is 0 Å². The molecule has 1 aromatic rings. The van der Waals surface area contributed by atoms with Gasteiger partial charge in [-0.05, 0) is 26.0 Å². The molecule has 2 atom stereocenters. The van der Waals surface area contributed by atoms with Gasteiger partial charge in [0.05, 0.1) is 12.3 Å². The highest BCUT2D eigenvalue weighted by molar-refractivity contribution is 5.79. The molecule has 1 heterocycles. The van der Waals surface area contributed by atoms with E-state index in [0.29, 0.717) is 5.69 Å². The molecule has 2 N–H and O–H groups in total. The quantitative estimate of drug-likeness (QED) is 0.794. The number of amides is 1. The van der Waals surface area contributed by atoms with Crippen molar-refractivity contribution in [3.8, 4) is 0 Å². The van der Waals surface area contributed by atoms with Crippen LogP contribution < -0.4 is 5.32 Å². The third-order valence-electron chi connectivity index (χ3n) is 2.60. The maximum Gasteiger partial charge on any atom is 0.308 e. The minimum absolute atomic E-state index is 0.164. The number of aliphatic carboxylic acids is 1. The van der Waals surface area contributed by atoms with E-state index in [1.165, 1.54) is 0 Å². The molecule has 2 unspecified atom stereocenters. The third-order valence-corrected chi connectivity index (χ3v) is 2.60. The summed E-state index contributed by atoms with van der Waals surface area (Å²) in [6.45, 7) is 3.24. The SMILES string of the molecule is CC(NC(=O)Cc1ccccn1)C(C)C(=O)O. The number of carbonyl (C=O) groups excluding carboxylic acids is 1. The standard InChI is InChI=1S/C12H16N2O3/c1-8(12(16)17)9(2)14-11(15)7-10-5-3-4-6-13-10/h3-6,8-9H,7H2,1-2H3,(H,14,15)(H,16,17). The summed E-state index contributed by atoms with van der Waals surface area (Å²) in [5.74, 6) is -1.75. The van der Waals surface area contributed by atoms with Crippen LogP contribution in [0.1, 0.15) is 19.5 Å². The molecule has 0 bridgehead atoms. The van der Waals surface area contributed by atoms with E-state index in [1.807, 2.05) is 0 Å². The van der Waals surface area contributed by atoms with Gasteiger partial charge in [0.2, 0.25) is 5.91 Å². The zero-order valence-electron chi connectivity index (χ0n) is 9.88. The smallest absolute Gasteiger partial charge is 0.308 e. The lowest BCUT2D eigenvalue weighted by Gasteiger charge is -2.17. The molecule has 0 spiro atoms. The van der Waals surface area contributed by atoms with Gasteiger partial charge >= 0.3 is 5.97 Å². The number of carboxylic acids is 1. The molecule has 0 aliphatic carbocycles. The Kier molecular flexibility index (Phi) is 4.63. The summed E-state index contributed by atoms with van der Waals surface area (Å²) in [4.78, 5) is 26.4. The van der Waals surface area contributed by atoms with Crippen molar-refractivity contribution >= 4 is 11.9 Å². The minimum Gasteiger partial charge on any atom is -0.481 e. The lowest BCUT2D eigenvalue weighted by Crippen LogP contribution is -2.40. The van der Waals surface area contributed by atoms with E-state index in [-0.39, 0.29) is 12.3 Å². The second-order valence-electron chi connectivity index (χ2n) is 3.98. The van der Waals surface area contributed by atoms with Crippen molar-refractivity contribution in [2.45, 2.75) is 26.3 Å². The Bertz CT molecular complexity index is 392. The zero-order chi connectivity index (χ0) is 12.8. The van der Waals surface area contributed by atoms with E-state index in [9.17, 15) is 9.59 Å². The molecule has 5 nitrogen and oxygen atoms in total. The van der Waals surface area contributed by atoms with Crippen molar-refractivity contribution in [2.75, 3.05) is 0 Å². The monoisotopic (exact) mass is 236 g/mol. The van der Waals surface area contributed by atoms with Crippen LogP contribution in [0, 0.1) is 5.92 Å². The van der Waals surface area contributed by atoms with Crippen molar-refractivity contribution < 1.29 is 14.7 Å². The van der Waals surface area contributed by atoms with Gasteiger partial charge in [0.15, 0.2) is 0 Å². The van der Waals surface area contributed by atoms with Crippen molar-refractivity contribution in [2.24, 2.45) is 5.92 Å². The zero-order valence-corrected chi connectivity index (χ0v) is 9.88. The summed E-state index contributed by atoms with van der Waals surface area (Å²) < 4.78 is 0. The molecule has 17 heavy (non-hydrogen) atoms.